The predicted octanol–water partition coefficient (Wildman–Crippen LogP) is 22.2. The topological polar surface area (TPSA) is 237 Å². The van der Waals surface area contributed by atoms with Gasteiger partial charge in [-0.05, 0) is 43.4 Å². The summed E-state index contributed by atoms with van der Waals surface area (Å²) < 4.78 is 68.6. The maximum atomic E-state index is 13.1. The Labute approximate surface area is 581 Å². The van der Waals surface area contributed by atoms with Crippen LogP contribution in [0, 0.1) is 17.8 Å². The molecule has 0 aliphatic carbocycles. The van der Waals surface area contributed by atoms with Gasteiger partial charge in [-0.2, -0.15) is 0 Å². The number of carbonyl (C=O) groups is 4. The van der Waals surface area contributed by atoms with E-state index >= 15 is 0 Å². The summed E-state index contributed by atoms with van der Waals surface area (Å²) in [6.45, 7) is 12.0. The second kappa shape index (κ2) is 66.6. The third-order valence-electron chi connectivity index (χ3n) is 18.4. The van der Waals surface area contributed by atoms with Gasteiger partial charge < -0.3 is 33.8 Å². The van der Waals surface area contributed by atoms with Crippen LogP contribution < -0.4 is 0 Å². The van der Waals surface area contributed by atoms with Crippen molar-refractivity contribution >= 4 is 39.5 Å². The number of hydrogen-bond donors (Lipinski definition) is 3. The molecule has 7 atom stereocenters. The van der Waals surface area contributed by atoms with E-state index in [-0.39, 0.29) is 25.7 Å². The van der Waals surface area contributed by atoms with Gasteiger partial charge in [-0.15, -0.1) is 0 Å². The molecule has 3 N–H and O–H groups in total. The van der Waals surface area contributed by atoms with Crippen molar-refractivity contribution < 1.29 is 80.2 Å². The molecule has 4 unspecified atom stereocenters. The number of rotatable bonds is 74. The highest BCUT2D eigenvalue weighted by Gasteiger charge is 2.30. The van der Waals surface area contributed by atoms with Gasteiger partial charge in [0.2, 0.25) is 0 Å². The fourth-order valence-corrected chi connectivity index (χ4v) is 13.1. The number of esters is 4. The van der Waals surface area contributed by atoms with Crippen LogP contribution in [0.1, 0.15) is 389 Å². The van der Waals surface area contributed by atoms with E-state index in [1.165, 1.54) is 199 Å². The molecule has 564 valence electrons. The number of ether oxygens (including phenoxy) is 4. The smallest absolute Gasteiger partial charge is 0.462 e. The van der Waals surface area contributed by atoms with Gasteiger partial charge in [0.05, 0.1) is 26.4 Å². The normalized spacial score (nSPS) is 14.6. The lowest BCUT2D eigenvalue weighted by molar-refractivity contribution is -0.161. The van der Waals surface area contributed by atoms with Crippen LogP contribution in [0.4, 0.5) is 0 Å². The zero-order valence-corrected chi connectivity index (χ0v) is 63.9. The highest BCUT2D eigenvalue weighted by Crippen LogP contribution is 2.45. The molecule has 0 saturated carbocycles. The van der Waals surface area contributed by atoms with E-state index in [1.807, 2.05) is 0 Å². The Kier molecular flexibility index (Phi) is 65.2. The zero-order chi connectivity index (χ0) is 70.1. The average Bonchev–Trinajstić information content (AvgIpc) is 1.27. The standard InChI is InChI=1S/C76H148O17P2/c1-8-11-12-13-14-15-16-20-29-36-43-50-57-73(78)86-63-72(93-76(81)60-53-46-39-32-25-23-28-35-42-49-56-69(7)10-3)66-91-95(84,85)89-62-70(77)61-88-94(82,83)90-65-71(64-87-74(79)58-51-44-37-30-24-22-27-34-41-48-55-68(6)9-2)92-75(80)59-52-45-38-31-21-18-17-19-26-33-40-47-54-67(4)5/h67-72,77H,8-66H2,1-7H3,(H,82,83)(H,84,85)/t68?,69?,70-,71-,72-/m1/s1. The summed E-state index contributed by atoms with van der Waals surface area (Å²) in [5, 5.41) is 10.6. The van der Waals surface area contributed by atoms with Gasteiger partial charge in [0.1, 0.15) is 19.3 Å². The highest BCUT2D eigenvalue weighted by atomic mass is 31.2. The number of aliphatic hydroxyl groups excluding tert-OH is 1. The van der Waals surface area contributed by atoms with Crippen molar-refractivity contribution in [3.05, 3.63) is 0 Å². The van der Waals surface area contributed by atoms with Crippen molar-refractivity contribution in [1.29, 1.82) is 0 Å². The van der Waals surface area contributed by atoms with Crippen LogP contribution in [0.25, 0.3) is 0 Å². The van der Waals surface area contributed by atoms with E-state index in [9.17, 15) is 43.2 Å². The SMILES string of the molecule is CCCCCCCCCCCCCCC(=O)OC[C@H](COP(=O)(O)OC[C@H](O)COP(=O)(O)OC[C@@H](COC(=O)CCCCCCCCCCCCC(C)CC)OC(=O)CCCCCCCCCCCCCCC(C)C)OC(=O)CCCCCCCCCCCCC(C)CC. The maximum Gasteiger partial charge on any atom is 0.472 e. The summed E-state index contributed by atoms with van der Waals surface area (Å²) in [7, 11) is -9.91. The number of aliphatic hydroxyl groups is 1. The molecule has 0 aliphatic heterocycles. The minimum absolute atomic E-state index is 0.106. The molecule has 0 fully saturated rings. The van der Waals surface area contributed by atoms with Gasteiger partial charge in [0.25, 0.3) is 0 Å². The van der Waals surface area contributed by atoms with E-state index in [0.717, 1.165) is 108 Å². The minimum Gasteiger partial charge on any atom is -0.462 e. The molecule has 0 heterocycles. The van der Waals surface area contributed by atoms with Gasteiger partial charge >= 0.3 is 39.5 Å². The summed E-state index contributed by atoms with van der Waals surface area (Å²) in [4.78, 5) is 72.9. The number of hydrogen-bond acceptors (Lipinski definition) is 15. The Balaban J connectivity index is 5.28. The quantitative estimate of drug-likeness (QED) is 0.0222. The van der Waals surface area contributed by atoms with Gasteiger partial charge in [-0.3, -0.25) is 37.3 Å². The Morgan fingerprint density at radius 2 is 0.537 bits per heavy atom. The molecule has 19 heteroatoms. The first-order valence-corrected chi connectivity index (χ1v) is 42.4. The molecule has 95 heavy (non-hydrogen) atoms. The second-order valence-corrected chi connectivity index (χ2v) is 31.3. The lowest BCUT2D eigenvalue weighted by Gasteiger charge is -2.21. The highest BCUT2D eigenvalue weighted by molar-refractivity contribution is 7.47. The Bertz CT molecular complexity index is 1860. The van der Waals surface area contributed by atoms with Gasteiger partial charge in [-0.1, -0.05) is 337 Å². The number of unbranched alkanes of at least 4 members (excludes halogenated alkanes) is 40. The summed E-state index contributed by atoms with van der Waals surface area (Å²) >= 11 is 0. The summed E-state index contributed by atoms with van der Waals surface area (Å²) in [5.41, 5.74) is 0. The van der Waals surface area contributed by atoms with Crippen molar-refractivity contribution in [3.63, 3.8) is 0 Å². The monoisotopic (exact) mass is 1400 g/mol. The third-order valence-corrected chi connectivity index (χ3v) is 20.3. The van der Waals surface area contributed by atoms with Crippen molar-refractivity contribution in [3.8, 4) is 0 Å². The lowest BCUT2D eigenvalue weighted by atomic mass is 9.99. The van der Waals surface area contributed by atoms with Crippen LogP contribution in [0.5, 0.6) is 0 Å². The first kappa shape index (κ1) is 93.1. The molecule has 0 radical (unpaired) electrons. The van der Waals surface area contributed by atoms with E-state index in [1.54, 1.807) is 0 Å². The Hall–Kier alpha value is -1.94. The molecule has 17 nitrogen and oxygen atoms in total. The van der Waals surface area contributed by atoms with E-state index in [0.29, 0.717) is 25.7 Å². The fraction of sp³-hybridized carbons (Fsp3) is 0.947. The molecule has 0 amide bonds. The summed E-state index contributed by atoms with van der Waals surface area (Å²) in [6.07, 6.45) is 52.4. The molecule has 0 spiro atoms. The molecule has 0 aromatic rings. The zero-order valence-electron chi connectivity index (χ0n) is 62.1. The van der Waals surface area contributed by atoms with Crippen LogP contribution in [0.3, 0.4) is 0 Å². The van der Waals surface area contributed by atoms with Crippen LogP contribution in [0.2, 0.25) is 0 Å². The molecule has 0 bridgehead atoms. The second-order valence-electron chi connectivity index (χ2n) is 28.4. The number of carbonyl (C=O) groups excluding carboxylic acids is 4. The predicted molar refractivity (Wildman–Crippen MR) is 386 cm³/mol. The first-order valence-electron chi connectivity index (χ1n) is 39.4. The minimum atomic E-state index is -4.96. The summed E-state index contributed by atoms with van der Waals surface area (Å²) in [6, 6.07) is 0. The van der Waals surface area contributed by atoms with E-state index < -0.39 is 97.5 Å². The third kappa shape index (κ3) is 67.6. The molecule has 0 aromatic heterocycles. The van der Waals surface area contributed by atoms with Crippen LogP contribution in [-0.2, 0) is 65.4 Å². The van der Waals surface area contributed by atoms with Gasteiger partial charge in [-0.25, -0.2) is 9.13 Å². The fourth-order valence-electron chi connectivity index (χ4n) is 11.5. The maximum absolute atomic E-state index is 13.1. The van der Waals surface area contributed by atoms with Crippen molar-refractivity contribution in [2.24, 2.45) is 17.8 Å². The van der Waals surface area contributed by atoms with Gasteiger partial charge in [0, 0.05) is 25.7 Å². The Morgan fingerprint density at radius 3 is 0.800 bits per heavy atom. The van der Waals surface area contributed by atoms with Crippen LogP contribution in [0.15, 0.2) is 0 Å². The van der Waals surface area contributed by atoms with Crippen LogP contribution >= 0.6 is 15.6 Å². The largest absolute Gasteiger partial charge is 0.472 e. The number of phosphoric acid groups is 2. The molecule has 0 rings (SSSR count). The molecular formula is C76H148O17P2. The number of phosphoric ester groups is 2. The van der Waals surface area contributed by atoms with Crippen LogP contribution in [-0.4, -0.2) is 96.7 Å². The van der Waals surface area contributed by atoms with Crippen molar-refractivity contribution in [1.82, 2.24) is 0 Å². The first-order chi connectivity index (χ1) is 45.8. The van der Waals surface area contributed by atoms with Gasteiger partial charge in [0.15, 0.2) is 12.2 Å². The van der Waals surface area contributed by atoms with Crippen molar-refractivity contribution in [2.45, 2.75) is 407 Å². The molecule has 0 saturated heterocycles. The molecule has 0 aliphatic rings. The average molecular weight is 1400 g/mol. The summed E-state index contributed by atoms with van der Waals surface area (Å²) in [5.74, 6) is 0.273. The molecular weight excluding hydrogens is 1250 g/mol. The Morgan fingerprint density at radius 1 is 0.305 bits per heavy atom. The van der Waals surface area contributed by atoms with Crippen molar-refractivity contribution in [2.75, 3.05) is 39.6 Å². The molecule has 0 aromatic carbocycles. The van der Waals surface area contributed by atoms with E-state index in [2.05, 4.69) is 48.5 Å². The van der Waals surface area contributed by atoms with E-state index in [4.69, 9.17) is 37.0 Å². The lowest BCUT2D eigenvalue weighted by Crippen LogP contribution is -2.30.